The zero-order valence-electron chi connectivity index (χ0n) is 10.1. The van der Waals surface area contributed by atoms with Crippen LogP contribution in [0.2, 0.25) is 0 Å². The highest BCUT2D eigenvalue weighted by molar-refractivity contribution is 5.97. The Hall–Kier alpha value is -2.42. The van der Waals surface area contributed by atoms with Gasteiger partial charge in [-0.25, -0.2) is 9.97 Å². The predicted octanol–water partition coefficient (Wildman–Crippen LogP) is 3.19. The van der Waals surface area contributed by atoms with E-state index in [0.29, 0.717) is 5.95 Å². The Morgan fingerprint density at radius 2 is 1.83 bits per heavy atom. The Kier molecular flexibility index (Phi) is 2.45. The number of hydrogen-bond acceptors (Lipinski definition) is 3. The second-order valence-electron chi connectivity index (χ2n) is 4.28. The van der Waals surface area contributed by atoms with Crippen molar-refractivity contribution in [2.24, 2.45) is 0 Å². The van der Waals surface area contributed by atoms with E-state index in [1.165, 1.54) is 16.3 Å². The summed E-state index contributed by atoms with van der Waals surface area (Å²) in [7, 11) is 0. The van der Waals surface area contributed by atoms with Crippen LogP contribution in [-0.4, -0.2) is 9.97 Å². The number of anilines is 1. The van der Waals surface area contributed by atoms with Gasteiger partial charge in [0.15, 0.2) is 0 Å². The van der Waals surface area contributed by atoms with Gasteiger partial charge in [-0.2, -0.15) is 0 Å². The van der Waals surface area contributed by atoms with Crippen molar-refractivity contribution in [2.45, 2.75) is 6.92 Å². The third kappa shape index (κ3) is 1.70. The second kappa shape index (κ2) is 4.11. The van der Waals surface area contributed by atoms with Crippen molar-refractivity contribution in [3.8, 4) is 11.3 Å². The zero-order valence-corrected chi connectivity index (χ0v) is 10.1. The lowest BCUT2D eigenvalue weighted by Crippen LogP contribution is -1.96. The summed E-state index contributed by atoms with van der Waals surface area (Å²) in [5, 5.41) is 2.39. The summed E-state index contributed by atoms with van der Waals surface area (Å²) in [4.78, 5) is 8.26. The highest BCUT2D eigenvalue weighted by Crippen LogP contribution is 2.30. The summed E-state index contributed by atoms with van der Waals surface area (Å²) < 4.78 is 0. The summed E-state index contributed by atoms with van der Waals surface area (Å²) in [5.74, 6) is 0.305. The fraction of sp³-hybridized carbons (Fsp3) is 0.0667. The van der Waals surface area contributed by atoms with Crippen LogP contribution in [0.5, 0.6) is 0 Å². The van der Waals surface area contributed by atoms with Crippen molar-refractivity contribution in [1.29, 1.82) is 0 Å². The molecule has 2 aromatic carbocycles. The number of nitrogen functional groups attached to an aromatic ring is 1. The first kappa shape index (κ1) is 10.7. The van der Waals surface area contributed by atoms with Crippen molar-refractivity contribution >= 4 is 16.7 Å². The van der Waals surface area contributed by atoms with Crippen LogP contribution in [0.3, 0.4) is 0 Å². The number of nitrogens with two attached hydrogens (primary N) is 1. The number of aryl methyl sites for hydroxylation is 1. The molecule has 0 amide bonds. The largest absolute Gasteiger partial charge is 0.368 e. The summed E-state index contributed by atoms with van der Waals surface area (Å²) >= 11 is 0. The molecule has 88 valence electrons. The average molecular weight is 235 g/mol. The molecule has 0 unspecified atom stereocenters. The Bertz CT molecular complexity index is 720. The maximum absolute atomic E-state index is 5.67. The molecule has 0 aliphatic carbocycles. The van der Waals surface area contributed by atoms with E-state index < -0.39 is 0 Å². The molecule has 3 rings (SSSR count). The van der Waals surface area contributed by atoms with Gasteiger partial charge in [-0.15, -0.1) is 0 Å². The van der Waals surface area contributed by atoms with E-state index in [1.54, 1.807) is 6.20 Å². The van der Waals surface area contributed by atoms with Gasteiger partial charge in [0.2, 0.25) is 5.95 Å². The van der Waals surface area contributed by atoms with Crippen LogP contribution in [0.25, 0.3) is 22.0 Å². The lowest BCUT2D eigenvalue weighted by molar-refractivity contribution is 1.19. The fourth-order valence-corrected chi connectivity index (χ4v) is 2.23. The van der Waals surface area contributed by atoms with E-state index in [9.17, 15) is 0 Å². The molecule has 0 aliphatic rings. The molecule has 3 aromatic rings. The van der Waals surface area contributed by atoms with Crippen LogP contribution in [0.15, 0.2) is 48.7 Å². The van der Waals surface area contributed by atoms with Gasteiger partial charge in [-0.3, -0.25) is 0 Å². The van der Waals surface area contributed by atoms with Crippen LogP contribution >= 0.6 is 0 Å². The maximum Gasteiger partial charge on any atom is 0.220 e. The van der Waals surface area contributed by atoms with Crippen molar-refractivity contribution in [1.82, 2.24) is 9.97 Å². The molecule has 0 spiro atoms. The van der Waals surface area contributed by atoms with Gasteiger partial charge in [0.05, 0.1) is 5.69 Å². The van der Waals surface area contributed by atoms with Gasteiger partial charge in [0.1, 0.15) is 0 Å². The minimum absolute atomic E-state index is 0.305. The van der Waals surface area contributed by atoms with Crippen LogP contribution in [-0.2, 0) is 0 Å². The van der Waals surface area contributed by atoms with Gasteiger partial charge in [-0.1, -0.05) is 36.4 Å². The summed E-state index contributed by atoms with van der Waals surface area (Å²) in [5.41, 5.74) is 8.85. The van der Waals surface area contributed by atoms with E-state index in [2.05, 4.69) is 41.2 Å². The molecule has 0 bridgehead atoms. The van der Waals surface area contributed by atoms with Crippen LogP contribution < -0.4 is 5.73 Å². The van der Waals surface area contributed by atoms with Gasteiger partial charge < -0.3 is 5.73 Å². The third-order valence-corrected chi connectivity index (χ3v) is 3.07. The molecule has 0 fully saturated rings. The molecule has 0 aliphatic heterocycles. The summed E-state index contributed by atoms with van der Waals surface area (Å²) in [6.07, 6.45) is 1.69. The van der Waals surface area contributed by atoms with Crippen molar-refractivity contribution in [3.05, 3.63) is 54.2 Å². The molecule has 3 heteroatoms. The van der Waals surface area contributed by atoms with Gasteiger partial charge in [0.25, 0.3) is 0 Å². The van der Waals surface area contributed by atoms with E-state index in [1.807, 2.05) is 18.2 Å². The predicted molar refractivity (Wildman–Crippen MR) is 74.1 cm³/mol. The minimum Gasteiger partial charge on any atom is -0.368 e. The Balaban J connectivity index is 2.37. The Morgan fingerprint density at radius 3 is 2.67 bits per heavy atom. The van der Waals surface area contributed by atoms with Gasteiger partial charge in [0, 0.05) is 11.8 Å². The first-order chi connectivity index (χ1) is 8.75. The minimum atomic E-state index is 0.305. The van der Waals surface area contributed by atoms with Gasteiger partial charge in [-0.05, 0) is 29.3 Å². The molecule has 0 saturated heterocycles. The normalized spacial score (nSPS) is 10.7. The number of hydrogen-bond donors (Lipinski definition) is 1. The van der Waals surface area contributed by atoms with Gasteiger partial charge >= 0.3 is 0 Å². The molecular weight excluding hydrogens is 222 g/mol. The summed E-state index contributed by atoms with van der Waals surface area (Å²) in [6.45, 7) is 2.08. The lowest BCUT2D eigenvalue weighted by Gasteiger charge is -2.09. The Labute approximate surface area is 105 Å². The van der Waals surface area contributed by atoms with Crippen LogP contribution in [0.1, 0.15) is 5.56 Å². The van der Waals surface area contributed by atoms with E-state index in [0.717, 1.165) is 11.3 Å². The van der Waals surface area contributed by atoms with Crippen molar-refractivity contribution in [3.63, 3.8) is 0 Å². The topological polar surface area (TPSA) is 51.8 Å². The SMILES string of the molecule is Cc1ccc2ccccc2c1-c1ccnc(N)n1. The van der Waals surface area contributed by atoms with Crippen LogP contribution in [0.4, 0.5) is 5.95 Å². The monoisotopic (exact) mass is 235 g/mol. The number of fused-ring (bicyclic) bond motifs is 1. The third-order valence-electron chi connectivity index (χ3n) is 3.07. The standard InChI is InChI=1S/C15H13N3/c1-10-6-7-11-4-2-3-5-12(11)14(10)13-8-9-17-15(16)18-13/h2-9H,1H3,(H2,16,17,18). The molecule has 18 heavy (non-hydrogen) atoms. The molecule has 3 nitrogen and oxygen atoms in total. The second-order valence-corrected chi connectivity index (χ2v) is 4.28. The van der Waals surface area contributed by atoms with Crippen LogP contribution in [0, 0.1) is 6.92 Å². The number of nitrogens with zero attached hydrogens (tertiary/aromatic N) is 2. The van der Waals surface area contributed by atoms with Crippen molar-refractivity contribution in [2.75, 3.05) is 5.73 Å². The molecule has 1 aromatic heterocycles. The van der Waals surface area contributed by atoms with E-state index in [-0.39, 0.29) is 0 Å². The maximum atomic E-state index is 5.67. The number of rotatable bonds is 1. The molecule has 1 heterocycles. The number of aromatic nitrogens is 2. The van der Waals surface area contributed by atoms with E-state index >= 15 is 0 Å². The average Bonchev–Trinajstić information content (AvgIpc) is 2.38. The molecule has 0 saturated carbocycles. The fourth-order valence-electron chi connectivity index (χ4n) is 2.23. The highest BCUT2D eigenvalue weighted by atomic mass is 15.0. The molecular formula is C15H13N3. The smallest absolute Gasteiger partial charge is 0.220 e. The lowest BCUT2D eigenvalue weighted by atomic mass is 9.97. The number of benzene rings is 2. The Morgan fingerprint density at radius 1 is 1.00 bits per heavy atom. The molecule has 0 atom stereocenters. The molecule has 0 radical (unpaired) electrons. The highest BCUT2D eigenvalue weighted by Gasteiger charge is 2.08. The zero-order chi connectivity index (χ0) is 12.5. The van der Waals surface area contributed by atoms with Crippen molar-refractivity contribution < 1.29 is 0 Å². The van der Waals surface area contributed by atoms with E-state index in [4.69, 9.17) is 5.73 Å². The molecule has 2 N–H and O–H groups in total. The summed E-state index contributed by atoms with van der Waals surface area (Å²) in [6, 6.07) is 14.4. The first-order valence-electron chi connectivity index (χ1n) is 5.83. The quantitative estimate of drug-likeness (QED) is 0.704. The first-order valence-corrected chi connectivity index (χ1v) is 5.83.